The number of aliphatic hydroxyl groups excluding tert-OH is 5. The SMILES string of the molecule is CC(=O)N[C@@H](CO)[C@@H](O)[C@H](O)[C@H](O)CO. The number of hydrogen-bond acceptors (Lipinski definition) is 6. The van der Waals surface area contributed by atoms with Crippen LogP contribution in [0.4, 0.5) is 0 Å². The summed E-state index contributed by atoms with van der Waals surface area (Å²) in [4.78, 5) is 10.7. The fraction of sp³-hybridized carbons (Fsp3) is 0.875. The maximum Gasteiger partial charge on any atom is 0.217 e. The highest BCUT2D eigenvalue weighted by molar-refractivity contribution is 5.73. The fourth-order valence-electron chi connectivity index (χ4n) is 1.07. The van der Waals surface area contributed by atoms with Gasteiger partial charge in [-0.25, -0.2) is 0 Å². The first-order chi connectivity index (χ1) is 6.93. The van der Waals surface area contributed by atoms with Crippen LogP contribution in [0.2, 0.25) is 0 Å². The van der Waals surface area contributed by atoms with Gasteiger partial charge in [0.2, 0.25) is 5.91 Å². The van der Waals surface area contributed by atoms with E-state index in [2.05, 4.69) is 5.32 Å². The first-order valence-electron chi connectivity index (χ1n) is 4.47. The Kier molecular flexibility index (Phi) is 6.37. The Morgan fingerprint density at radius 3 is 2.00 bits per heavy atom. The summed E-state index contributed by atoms with van der Waals surface area (Å²) in [5.74, 6) is -0.487. The molecule has 6 N–H and O–H groups in total. The molecular formula is C8H17NO6. The van der Waals surface area contributed by atoms with E-state index >= 15 is 0 Å². The lowest BCUT2D eigenvalue weighted by Gasteiger charge is -2.27. The van der Waals surface area contributed by atoms with Crippen molar-refractivity contribution in [1.29, 1.82) is 0 Å². The lowest BCUT2D eigenvalue weighted by molar-refractivity contribution is -0.124. The monoisotopic (exact) mass is 223 g/mol. The summed E-state index contributed by atoms with van der Waals surface area (Å²) in [5, 5.41) is 47.3. The van der Waals surface area contributed by atoms with Crippen LogP contribution in [0.15, 0.2) is 0 Å². The number of carbonyl (C=O) groups is 1. The molecule has 7 heteroatoms. The minimum absolute atomic E-state index is 0.487. The Balaban J connectivity index is 4.35. The normalized spacial score (nSPS) is 19.1. The van der Waals surface area contributed by atoms with Crippen molar-refractivity contribution < 1.29 is 30.3 Å². The molecule has 0 saturated carbocycles. The second-order valence-electron chi connectivity index (χ2n) is 3.22. The second-order valence-corrected chi connectivity index (χ2v) is 3.22. The van der Waals surface area contributed by atoms with Gasteiger partial charge >= 0.3 is 0 Å². The van der Waals surface area contributed by atoms with Crippen LogP contribution >= 0.6 is 0 Å². The van der Waals surface area contributed by atoms with Crippen molar-refractivity contribution in [1.82, 2.24) is 5.32 Å². The Hall–Kier alpha value is -0.730. The lowest BCUT2D eigenvalue weighted by Crippen LogP contribution is -2.53. The molecule has 0 aliphatic rings. The minimum atomic E-state index is -1.64. The third-order valence-corrected chi connectivity index (χ3v) is 1.93. The maximum atomic E-state index is 10.7. The van der Waals surface area contributed by atoms with E-state index in [9.17, 15) is 15.0 Å². The van der Waals surface area contributed by atoms with E-state index < -0.39 is 43.5 Å². The summed E-state index contributed by atoms with van der Waals surface area (Å²) in [6, 6.07) is -1.08. The molecule has 0 aromatic heterocycles. The van der Waals surface area contributed by atoms with Crippen LogP contribution in [-0.2, 0) is 4.79 Å². The smallest absolute Gasteiger partial charge is 0.217 e. The highest BCUT2D eigenvalue weighted by Gasteiger charge is 2.31. The average Bonchev–Trinajstić information content (AvgIpc) is 2.22. The van der Waals surface area contributed by atoms with Crippen molar-refractivity contribution in [3.8, 4) is 0 Å². The molecule has 0 bridgehead atoms. The van der Waals surface area contributed by atoms with Crippen molar-refractivity contribution in [2.45, 2.75) is 31.3 Å². The van der Waals surface area contributed by atoms with Gasteiger partial charge < -0.3 is 30.8 Å². The average molecular weight is 223 g/mol. The van der Waals surface area contributed by atoms with Crippen LogP contribution in [0.25, 0.3) is 0 Å². The predicted octanol–water partition coefficient (Wildman–Crippen LogP) is -3.44. The molecule has 0 heterocycles. The van der Waals surface area contributed by atoms with Crippen LogP contribution in [0.5, 0.6) is 0 Å². The number of rotatable bonds is 6. The number of nitrogens with one attached hydrogen (secondary N) is 1. The maximum absolute atomic E-state index is 10.7. The fourth-order valence-corrected chi connectivity index (χ4v) is 1.07. The molecular weight excluding hydrogens is 206 g/mol. The van der Waals surface area contributed by atoms with E-state index in [1.165, 1.54) is 6.92 Å². The van der Waals surface area contributed by atoms with Crippen molar-refractivity contribution in [2.75, 3.05) is 13.2 Å². The van der Waals surface area contributed by atoms with Crippen LogP contribution < -0.4 is 5.32 Å². The third kappa shape index (κ3) is 4.54. The predicted molar refractivity (Wildman–Crippen MR) is 49.8 cm³/mol. The van der Waals surface area contributed by atoms with Gasteiger partial charge in [0.1, 0.15) is 18.3 Å². The van der Waals surface area contributed by atoms with Crippen LogP contribution in [0.1, 0.15) is 6.92 Å². The van der Waals surface area contributed by atoms with Gasteiger partial charge in [0.05, 0.1) is 19.3 Å². The summed E-state index contributed by atoms with van der Waals surface area (Å²) in [7, 11) is 0. The van der Waals surface area contributed by atoms with Crippen molar-refractivity contribution in [3.05, 3.63) is 0 Å². The second kappa shape index (κ2) is 6.70. The molecule has 7 nitrogen and oxygen atoms in total. The third-order valence-electron chi connectivity index (χ3n) is 1.93. The van der Waals surface area contributed by atoms with Crippen LogP contribution in [0.3, 0.4) is 0 Å². The molecule has 0 radical (unpaired) electrons. The van der Waals surface area contributed by atoms with Crippen molar-refractivity contribution in [2.24, 2.45) is 0 Å². The van der Waals surface area contributed by atoms with Gasteiger partial charge in [-0.3, -0.25) is 4.79 Å². The zero-order valence-electron chi connectivity index (χ0n) is 8.37. The van der Waals surface area contributed by atoms with Gasteiger partial charge in [-0.1, -0.05) is 0 Å². The van der Waals surface area contributed by atoms with E-state index in [4.69, 9.17) is 15.3 Å². The Morgan fingerprint density at radius 1 is 1.13 bits per heavy atom. The summed E-state index contributed by atoms with van der Waals surface area (Å²) >= 11 is 0. The Labute approximate surface area is 87.0 Å². The minimum Gasteiger partial charge on any atom is -0.394 e. The van der Waals surface area contributed by atoms with Gasteiger partial charge in [-0.15, -0.1) is 0 Å². The molecule has 15 heavy (non-hydrogen) atoms. The highest BCUT2D eigenvalue weighted by Crippen LogP contribution is 2.04. The Morgan fingerprint density at radius 2 is 1.67 bits per heavy atom. The molecule has 0 spiro atoms. The molecule has 90 valence electrons. The van der Waals surface area contributed by atoms with Gasteiger partial charge in [0.25, 0.3) is 0 Å². The van der Waals surface area contributed by atoms with Crippen LogP contribution in [0, 0.1) is 0 Å². The summed E-state index contributed by atoms with van der Waals surface area (Å²) in [6.45, 7) is -0.128. The van der Waals surface area contributed by atoms with Crippen molar-refractivity contribution >= 4 is 5.91 Å². The first kappa shape index (κ1) is 14.3. The number of hydrogen-bond donors (Lipinski definition) is 6. The van der Waals surface area contributed by atoms with Crippen LogP contribution in [-0.4, -0.2) is 69.0 Å². The number of amides is 1. The molecule has 0 aliphatic carbocycles. The first-order valence-corrected chi connectivity index (χ1v) is 4.47. The van der Waals surface area contributed by atoms with Gasteiger partial charge in [-0.05, 0) is 0 Å². The zero-order valence-corrected chi connectivity index (χ0v) is 8.37. The summed E-state index contributed by atoms with van der Waals surface area (Å²) in [5.41, 5.74) is 0. The molecule has 0 aliphatic heterocycles. The molecule has 0 saturated heterocycles. The molecule has 1 amide bonds. The van der Waals surface area contributed by atoms with E-state index in [0.717, 1.165) is 0 Å². The zero-order chi connectivity index (χ0) is 12.0. The van der Waals surface area contributed by atoms with E-state index in [0.29, 0.717) is 0 Å². The van der Waals surface area contributed by atoms with Gasteiger partial charge in [-0.2, -0.15) is 0 Å². The highest BCUT2D eigenvalue weighted by atomic mass is 16.4. The lowest BCUT2D eigenvalue weighted by atomic mass is 10.0. The summed E-state index contributed by atoms with van der Waals surface area (Å²) < 4.78 is 0. The molecule has 0 fully saturated rings. The number of aliphatic hydroxyl groups is 5. The molecule has 4 atom stereocenters. The largest absolute Gasteiger partial charge is 0.394 e. The number of carbonyl (C=O) groups excluding carboxylic acids is 1. The molecule has 0 aromatic rings. The van der Waals surface area contributed by atoms with Crippen molar-refractivity contribution in [3.63, 3.8) is 0 Å². The van der Waals surface area contributed by atoms with Gasteiger partial charge in [0, 0.05) is 6.92 Å². The quantitative estimate of drug-likeness (QED) is 0.278. The standard InChI is InChI=1S/C8H17NO6/c1-4(12)9-5(2-10)7(14)8(15)6(13)3-11/h5-8,10-11,13-15H,2-3H2,1H3,(H,9,12)/t5-,6+,7+,8+/m0/s1. The van der Waals surface area contributed by atoms with Gasteiger partial charge in [0.15, 0.2) is 0 Å². The van der Waals surface area contributed by atoms with E-state index in [-0.39, 0.29) is 0 Å². The Bertz CT molecular complexity index is 200. The molecule has 0 rings (SSSR count). The summed E-state index contributed by atoms with van der Waals surface area (Å²) in [6.07, 6.45) is -4.72. The van der Waals surface area contributed by atoms with E-state index in [1.807, 2.05) is 0 Å². The van der Waals surface area contributed by atoms with E-state index in [1.54, 1.807) is 0 Å². The topological polar surface area (TPSA) is 130 Å². The molecule has 0 aromatic carbocycles. The molecule has 0 unspecified atom stereocenters.